The Balaban J connectivity index is 1.68. The molecule has 8 nitrogen and oxygen atoms in total. The maximum absolute atomic E-state index is 5.85. The zero-order valence-electron chi connectivity index (χ0n) is 17.9. The van der Waals surface area contributed by atoms with Gasteiger partial charge in [-0.05, 0) is 58.8 Å². The lowest BCUT2D eigenvalue weighted by molar-refractivity contribution is 0.214. The van der Waals surface area contributed by atoms with Crippen molar-refractivity contribution in [2.75, 3.05) is 32.9 Å². The lowest BCUT2D eigenvalue weighted by Crippen LogP contribution is -2.30. The van der Waals surface area contributed by atoms with Gasteiger partial charge in [0, 0.05) is 5.56 Å². The standard InChI is InChI=1S/C21H29N5O3S/c1-4-27-16-12-15(13-17(28-5-2)19(16)29-6-3)20-24-26-18(22-23-21(26)30-20)14-25-10-8-7-9-11-25/h12-13H,4-11,14H2,1-3H3. The molecule has 1 aliphatic rings. The normalized spacial score (nSPS) is 14.9. The van der Waals surface area contributed by atoms with Crippen molar-refractivity contribution in [2.45, 2.75) is 46.6 Å². The minimum Gasteiger partial charge on any atom is -0.490 e. The van der Waals surface area contributed by atoms with Gasteiger partial charge in [-0.1, -0.05) is 17.8 Å². The summed E-state index contributed by atoms with van der Waals surface area (Å²) >= 11 is 1.51. The molecule has 4 rings (SSSR count). The van der Waals surface area contributed by atoms with Gasteiger partial charge in [0.2, 0.25) is 10.7 Å². The highest BCUT2D eigenvalue weighted by molar-refractivity contribution is 7.19. The quantitative estimate of drug-likeness (QED) is 0.506. The van der Waals surface area contributed by atoms with Crippen molar-refractivity contribution in [1.82, 2.24) is 24.7 Å². The Bertz CT molecular complexity index is 953. The Morgan fingerprint density at radius 1 is 0.900 bits per heavy atom. The van der Waals surface area contributed by atoms with Crippen molar-refractivity contribution in [3.05, 3.63) is 18.0 Å². The highest BCUT2D eigenvalue weighted by atomic mass is 32.1. The van der Waals surface area contributed by atoms with Crippen LogP contribution in [0.15, 0.2) is 12.1 Å². The van der Waals surface area contributed by atoms with Gasteiger partial charge >= 0.3 is 0 Å². The van der Waals surface area contributed by atoms with Gasteiger partial charge in [-0.15, -0.1) is 10.2 Å². The predicted octanol–water partition coefficient (Wildman–Crippen LogP) is 4.03. The van der Waals surface area contributed by atoms with Gasteiger partial charge in [0.1, 0.15) is 5.01 Å². The monoisotopic (exact) mass is 431 g/mol. The van der Waals surface area contributed by atoms with Crippen molar-refractivity contribution in [3.63, 3.8) is 0 Å². The summed E-state index contributed by atoms with van der Waals surface area (Å²) in [6, 6.07) is 3.93. The minimum absolute atomic E-state index is 0.538. The summed E-state index contributed by atoms with van der Waals surface area (Å²) in [6.45, 7) is 10.5. The number of hydrogen-bond donors (Lipinski definition) is 0. The van der Waals surface area contributed by atoms with E-state index in [-0.39, 0.29) is 0 Å². The number of benzene rings is 1. The zero-order valence-corrected chi connectivity index (χ0v) is 18.7. The lowest BCUT2D eigenvalue weighted by Gasteiger charge is -2.25. The van der Waals surface area contributed by atoms with E-state index in [0.717, 1.165) is 41.0 Å². The van der Waals surface area contributed by atoms with E-state index in [2.05, 4.69) is 15.1 Å². The van der Waals surface area contributed by atoms with Crippen molar-refractivity contribution in [2.24, 2.45) is 0 Å². The van der Waals surface area contributed by atoms with Crippen LogP contribution in [-0.4, -0.2) is 57.6 Å². The van der Waals surface area contributed by atoms with Crippen molar-refractivity contribution >= 4 is 16.3 Å². The van der Waals surface area contributed by atoms with Crippen LogP contribution in [0.4, 0.5) is 0 Å². The first-order chi connectivity index (χ1) is 14.7. The van der Waals surface area contributed by atoms with E-state index in [1.807, 2.05) is 37.4 Å². The fourth-order valence-electron chi connectivity index (χ4n) is 3.70. The second kappa shape index (κ2) is 9.61. The van der Waals surface area contributed by atoms with E-state index in [4.69, 9.17) is 19.3 Å². The van der Waals surface area contributed by atoms with Crippen LogP contribution in [0.3, 0.4) is 0 Å². The number of hydrogen-bond acceptors (Lipinski definition) is 8. The summed E-state index contributed by atoms with van der Waals surface area (Å²) in [6.07, 6.45) is 3.81. The van der Waals surface area contributed by atoms with Crippen LogP contribution >= 0.6 is 11.3 Å². The van der Waals surface area contributed by atoms with Gasteiger partial charge in [0.25, 0.3) is 0 Å². The topological polar surface area (TPSA) is 74.0 Å². The summed E-state index contributed by atoms with van der Waals surface area (Å²) in [5.74, 6) is 2.86. The summed E-state index contributed by atoms with van der Waals surface area (Å²) in [7, 11) is 0. The zero-order chi connectivity index (χ0) is 20.9. The van der Waals surface area contributed by atoms with Crippen molar-refractivity contribution in [1.29, 1.82) is 0 Å². The van der Waals surface area contributed by atoms with Crippen LogP contribution in [0.1, 0.15) is 45.9 Å². The third-order valence-electron chi connectivity index (χ3n) is 5.03. The molecule has 0 amide bonds. The Labute approximate surface area is 180 Å². The van der Waals surface area contributed by atoms with Crippen LogP contribution in [-0.2, 0) is 6.54 Å². The summed E-state index contributed by atoms with van der Waals surface area (Å²) < 4.78 is 19.4. The van der Waals surface area contributed by atoms with E-state index >= 15 is 0 Å². The fraction of sp³-hybridized carbons (Fsp3) is 0.571. The molecule has 3 heterocycles. The smallest absolute Gasteiger partial charge is 0.235 e. The SMILES string of the molecule is CCOc1cc(-c2nn3c(CN4CCCCC4)nnc3s2)cc(OCC)c1OCC. The van der Waals surface area contributed by atoms with Crippen LogP contribution in [0.2, 0.25) is 0 Å². The Morgan fingerprint density at radius 3 is 2.20 bits per heavy atom. The summed E-state index contributed by atoms with van der Waals surface area (Å²) in [4.78, 5) is 3.22. The highest BCUT2D eigenvalue weighted by Gasteiger charge is 2.20. The maximum Gasteiger partial charge on any atom is 0.235 e. The molecule has 0 spiro atoms. The van der Waals surface area contributed by atoms with Gasteiger partial charge in [-0.2, -0.15) is 9.61 Å². The first-order valence-electron chi connectivity index (χ1n) is 10.7. The number of rotatable bonds is 9. The van der Waals surface area contributed by atoms with Gasteiger partial charge < -0.3 is 14.2 Å². The molecule has 2 aromatic heterocycles. The molecule has 9 heteroatoms. The number of aromatic nitrogens is 4. The highest BCUT2D eigenvalue weighted by Crippen LogP contribution is 2.42. The van der Waals surface area contributed by atoms with E-state index in [0.29, 0.717) is 37.1 Å². The minimum atomic E-state index is 0.538. The molecular formula is C21H29N5O3S. The van der Waals surface area contributed by atoms with Gasteiger partial charge in [0.15, 0.2) is 17.3 Å². The number of ether oxygens (including phenoxy) is 3. The average Bonchev–Trinajstić information content (AvgIpc) is 3.33. The summed E-state index contributed by atoms with van der Waals surface area (Å²) in [5, 5.41) is 14.4. The molecule has 0 N–H and O–H groups in total. The molecule has 0 atom stereocenters. The second-order valence-corrected chi connectivity index (χ2v) is 8.11. The maximum atomic E-state index is 5.85. The first-order valence-corrected chi connectivity index (χ1v) is 11.5. The molecule has 3 aromatic rings. The van der Waals surface area contributed by atoms with Crippen molar-refractivity contribution < 1.29 is 14.2 Å². The number of likely N-dealkylation sites (tertiary alicyclic amines) is 1. The molecule has 1 aliphatic heterocycles. The Kier molecular flexibility index (Phi) is 6.69. The van der Waals surface area contributed by atoms with Crippen LogP contribution < -0.4 is 14.2 Å². The van der Waals surface area contributed by atoms with Crippen LogP contribution in [0, 0.1) is 0 Å². The fourth-order valence-corrected chi connectivity index (χ4v) is 4.55. The van der Waals surface area contributed by atoms with Crippen molar-refractivity contribution in [3.8, 4) is 27.8 Å². The predicted molar refractivity (Wildman–Crippen MR) is 117 cm³/mol. The van der Waals surface area contributed by atoms with Crippen LogP contribution in [0.25, 0.3) is 15.5 Å². The van der Waals surface area contributed by atoms with E-state index in [1.54, 1.807) is 0 Å². The Hall–Kier alpha value is -2.39. The second-order valence-electron chi connectivity index (χ2n) is 7.16. The molecule has 0 radical (unpaired) electrons. The molecule has 1 aromatic carbocycles. The molecule has 1 fully saturated rings. The molecule has 30 heavy (non-hydrogen) atoms. The molecule has 0 aliphatic carbocycles. The Morgan fingerprint density at radius 2 is 1.57 bits per heavy atom. The first kappa shape index (κ1) is 20.9. The number of fused-ring (bicyclic) bond motifs is 1. The molecule has 0 saturated carbocycles. The van der Waals surface area contributed by atoms with E-state index in [1.165, 1.54) is 30.6 Å². The third kappa shape index (κ3) is 4.37. The molecule has 0 bridgehead atoms. The van der Waals surface area contributed by atoms with E-state index in [9.17, 15) is 0 Å². The molecule has 1 saturated heterocycles. The average molecular weight is 432 g/mol. The van der Waals surface area contributed by atoms with Gasteiger partial charge in [0.05, 0.1) is 26.4 Å². The molecule has 0 unspecified atom stereocenters. The van der Waals surface area contributed by atoms with Gasteiger partial charge in [-0.3, -0.25) is 4.90 Å². The van der Waals surface area contributed by atoms with Crippen LogP contribution in [0.5, 0.6) is 17.2 Å². The van der Waals surface area contributed by atoms with E-state index < -0.39 is 0 Å². The summed E-state index contributed by atoms with van der Waals surface area (Å²) in [5.41, 5.74) is 0.921. The molecule has 162 valence electrons. The largest absolute Gasteiger partial charge is 0.490 e. The van der Waals surface area contributed by atoms with Gasteiger partial charge in [-0.25, -0.2) is 0 Å². The molecular weight excluding hydrogens is 402 g/mol. The lowest BCUT2D eigenvalue weighted by atomic mass is 10.1. The third-order valence-corrected chi connectivity index (χ3v) is 5.97. The number of nitrogens with zero attached hydrogens (tertiary/aromatic N) is 5. The number of piperidine rings is 1.